The molecule has 3 N–H and O–H groups in total. The molecule has 11 nitrogen and oxygen atoms in total. The standard InChI is InChI=1S/C26H36N4O7/c1-25(2,3)37-24(35)29-19(15-17-9-6-5-7-10-17)21(32)28-18-11-13-26(12-8-14-30(26)22(18)33)23(34)27-16-20(31)36-4/h5-7,9-10,18-19H,8,11-16H2,1-4H3,(H,27,34)(H,28,32)(H,29,35)/t18-,19+,26-/m0/s1. The molecule has 3 rings (SSSR count). The highest BCUT2D eigenvalue weighted by Crippen LogP contribution is 2.38. The van der Waals surface area contributed by atoms with Gasteiger partial charge in [0.25, 0.3) is 0 Å². The van der Waals surface area contributed by atoms with Gasteiger partial charge in [0.15, 0.2) is 0 Å². The van der Waals surface area contributed by atoms with Gasteiger partial charge >= 0.3 is 12.1 Å². The van der Waals surface area contributed by atoms with Crippen LogP contribution >= 0.6 is 0 Å². The van der Waals surface area contributed by atoms with Crippen LogP contribution in [0.15, 0.2) is 30.3 Å². The van der Waals surface area contributed by atoms with Crippen LogP contribution in [-0.4, -0.2) is 78.1 Å². The first-order valence-corrected chi connectivity index (χ1v) is 12.5. The summed E-state index contributed by atoms with van der Waals surface area (Å²) in [6, 6.07) is 7.39. The van der Waals surface area contributed by atoms with Gasteiger partial charge in [-0.3, -0.25) is 19.2 Å². The normalized spacial score (nSPS) is 21.9. The van der Waals surface area contributed by atoms with Gasteiger partial charge in [-0.05, 0) is 52.0 Å². The van der Waals surface area contributed by atoms with E-state index >= 15 is 0 Å². The summed E-state index contributed by atoms with van der Waals surface area (Å²) in [5, 5.41) is 7.98. The van der Waals surface area contributed by atoms with Gasteiger partial charge in [-0.2, -0.15) is 0 Å². The van der Waals surface area contributed by atoms with Crippen LogP contribution in [0.1, 0.15) is 52.0 Å². The van der Waals surface area contributed by atoms with E-state index < -0.39 is 47.1 Å². The fraction of sp³-hybridized carbons (Fsp3) is 0.577. The summed E-state index contributed by atoms with van der Waals surface area (Å²) in [5.74, 6) is -1.86. The third-order valence-corrected chi connectivity index (χ3v) is 6.55. The minimum absolute atomic E-state index is 0.205. The summed E-state index contributed by atoms with van der Waals surface area (Å²) in [6.45, 7) is 5.27. The SMILES string of the molecule is COC(=O)CNC(=O)[C@@]12CCCN1C(=O)[C@@H](NC(=O)[C@@H](Cc1ccccc1)NC(=O)OC(C)(C)C)CC2. The molecule has 1 aromatic carbocycles. The molecule has 1 aromatic rings. The number of benzene rings is 1. The smallest absolute Gasteiger partial charge is 0.408 e. The number of hydrogen-bond acceptors (Lipinski definition) is 7. The fourth-order valence-electron chi connectivity index (χ4n) is 4.81. The first-order chi connectivity index (χ1) is 17.4. The fourth-order valence-corrected chi connectivity index (χ4v) is 4.81. The molecule has 2 saturated heterocycles. The minimum Gasteiger partial charge on any atom is -0.468 e. The molecule has 0 radical (unpaired) electrons. The summed E-state index contributed by atoms with van der Waals surface area (Å²) in [5.41, 5.74) is -0.968. The number of ether oxygens (including phenoxy) is 2. The Hall–Kier alpha value is -3.63. The van der Waals surface area contributed by atoms with E-state index in [0.717, 1.165) is 5.56 Å². The number of esters is 1. The van der Waals surface area contributed by atoms with Crippen LogP contribution < -0.4 is 16.0 Å². The zero-order valence-electron chi connectivity index (χ0n) is 21.8. The van der Waals surface area contributed by atoms with E-state index in [1.807, 2.05) is 30.3 Å². The first-order valence-electron chi connectivity index (χ1n) is 12.5. The zero-order chi connectivity index (χ0) is 27.2. The number of nitrogens with one attached hydrogen (secondary N) is 3. The number of hydrogen-bond donors (Lipinski definition) is 3. The number of alkyl carbamates (subject to hydrolysis) is 1. The lowest BCUT2D eigenvalue weighted by atomic mass is 9.83. The Balaban J connectivity index is 1.70. The lowest BCUT2D eigenvalue weighted by Crippen LogP contribution is -2.66. The van der Waals surface area contributed by atoms with Gasteiger partial charge < -0.3 is 30.3 Å². The Kier molecular flexibility index (Phi) is 8.77. The predicted octanol–water partition coefficient (Wildman–Crippen LogP) is 1.05. The van der Waals surface area contributed by atoms with Crippen LogP contribution in [0.3, 0.4) is 0 Å². The topological polar surface area (TPSA) is 143 Å². The molecule has 2 aliphatic rings. The Morgan fingerprint density at radius 3 is 2.49 bits per heavy atom. The van der Waals surface area contributed by atoms with Crippen molar-refractivity contribution >= 4 is 29.8 Å². The van der Waals surface area contributed by atoms with Gasteiger partial charge in [0.05, 0.1) is 7.11 Å². The van der Waals surface area contributed by atoms with Crippen molar-refractivity contribution in [1.82, 2.24) is 20.9 Å². The maximum absolute atomic E-state index is 13.4. The van der Waals surface area contributed by atoms with Crippen LogP contribution in [0.4, 0.5) is 4.79 Å². The number of carbonyl (C=O) groups excluding carboxylic acids is 5. The van der Waals surface area contributed by atoms with Crippen LogP contribution in [0.5, 0.6) is 0 Å². The van der Waals surface area contributed by atoms with Gasteiger partial charge in [-0.1, -0.05) is 30.3 Å². The summed E-state index contributed by atoms with van der Waals surface area (Å²) in [7, 11) is 1.23. The lowest BCUT2D eigenvalue weighted by molar-refractivity contribution is -0.153. The number of fused-ring (bicyclic) bond motifs is 1. The molecule has 0 aromatic heterocycles. The second-order valence-electron chi connectivity index (χ2n) is 10.4. The molecule has 11 heteroatoms. The average molecular weight is 517 g/mol. The van der Waals surface area contributed by atoms with Gasteiger partial charge in [0, 0.05) is 13.0 Å². The molecule has 4 amide bonds. The number of rotatable bonds is 8. The van der Waals surface area contributed by atoms with E-state index in [0.29, 0.717) is 25.8 Å². The van der Waals surface area contributed by atoms with E-state index in [2.05, 4.69) is 20.7 Å². The molecule has 2 fully saturated rings. The highest BCUT2D eigenvalue weighted by Gasteiger charge is 2.54. The van der Waals surface area contributed by atoms with Gasteiger partial charge in [-0.15, -0.1) is 0 Å². The average Bonchev–Trinajstić information content (AvgIpc) is 3.29. The van der Waals surface area contributed by atoms with Gasteiger partial charge in [-0.25, -0.2) is 4.79 Å². The molecule has 0 bridgehead atoms. The molecule has 2 aliphatic heterocycles. The monoisotopic (exact) mass is 516 g/mol. The lowest BCUT2D eigenvalue weighted by Gasteiger charge is -2.43. The number of piperidine rings is 1. The van der Waals surface area contributed by atoms with E-state index in [9.17, 15) is 24.0 Å². The Bertz CT molecular complexity index is 1020. The quantitative estimate of drug-likeness (QED) is 0.438. The van der Waals surface area contributed by atoms with Crippen molar-refractivity contribution in [3.05, 3.63) is 35.9 Å². The second-order valence-corrected chi connectivity index (χ2v) is 10.4. The van der Waals surface area contributed by atoms with Crippen LogP contribution in [0, 0.1) is 0 Å². The van der Waals surface area contributed by atoms with E-state index in [1.54, 1.807) is 20.8 Å². The molecule has 0 spiro atoms. The molecule has 0 saturated carbocycles. The molecule has 2 heterocycles. The summed E-state index contributed by atoms with van der Waals surface area (Å²) in [6.07, 6.45) is 1.16. The van der Waals surface area contributed by atoms with Crippen molar-refractivity contribution in [2.24, 2.45) is 0 Å². The first kappa shape index (κ1) is 27.9. The van der Waals surface area contributed by atoms with Crippen LogP contribution in [0.2, 0.25) is 0 Å². The molecule has 0 unspecified atom stereocenters. The van der Waals surface area contributed by atoms with Crippen LogP contribution in [0.25, 0.3) is 0 Å². The van der Waals surface area contributed by atoms with Crippen molar-refractivity contribution in [3.8, 4) is 0 Å². The molecular weight excluding hydrogens is 480 g/mol. The number of carbonyl (C=O) groups is 5. The number of methoxy groups -OCH3 is 1. The Morgan fingerprint density at radius 2 is 1.84 bits per heavy atom. The number of amides is 4. The van der Waals surface area contributed by atoms with Crippen molar-refractivity contribution < 1.29 is 33.4 Å². The van der Waals surface area contributed by atoms with E-state index in [4.69, 9.17) is 4.74 Å². The largest absolute Gasteiger partial charge is 0.468 e. The Morgan fingerprint density at radius 1 is 1.14 bits per heavy atom. The van der Waals surface area contributed by atoms with Gasteiger partial charge in [0.1, 0.15) is 29.8 Å². The van der Waals surface area contributed by atoms with Crippen molar-refractivity contribution in [2.75, 3.05) is 20.2 Å². The summed E-state index contributed by atoms with van der Waals surface area (Å²) < 4.78 is 9.91. The van der Waals surface area contributed by atoms with E-state index in [-0.39, 0.29) is 25.3 Å². The Labute approximate surface area is 216 Å². The van der Waals surface area contributed by atoms with E-state index in [1.165, 1.54) is 12.0 Å². The number of nitrogens with zero attached hydrogens (tertiary/aromatic N) is 1. The second kappa shape index (κ2) is 11.6. The molecule has 202 valence electrons. The van der Waals surface area contributed by atoms with Crippen LogP contribution in [-0.2, 0) is 35.1 Å². The maximum Gasteiger partial charge on any atom is 0.408 e. The highest BCUT2D eigenvalue weighted by atomic mass is 16.6. The summed E-state index contributed by atoms with van der Waals surface area (Å²) in [4.78, 5) is 65.1. The molecule has 37 heavy (non-hydrogen) atoms. The molecule has 3 atom stereocenters. The van der Waals surface area contributed by atoms with Crippen molar-refractivity contribution in [2.45, 2.75) is 76.1 Å². The maximum atomic E-state index is 13.4. The van der Waals surface area contributed by atoms with Crippen molar-refractivity contribution in [1.29, 1.82) is 0 Å². The predicted molar refractivity (Wildman–Crippen MR) is 133 cm³/mol. The van der Waals surface area contributed by atoms with Gasteiger partial charge in [0.2, 0.25) is 17.7 Å². The third kappa shape index (κ3) is 6.99. The minimum atomic E-state index is -1.05. The highest BCUT2D eigenvalue weighted by molar-refractivity contribution is 5.98. The molecule has 0 aliphatic carbocycles. The van der Waals surface area contributed by atoms with Crippen molar-refractivity contribution in [3.63, 3.8) is 0 Å². The third-order valence-electron chi connectivity index (χ3n) is 6.55. The molecular formula is C26H36N4O7. The zero-order valence-corrected chi connectivity index (χ0v) is 21.8. The summed E-state index contributed by atoms with van der Waals surface area (Å²) >= 11 is 0.